The summed E-state index contributed by atoms with van der Waals surface area (Å²) < 4.78 is 57.7. The van der Waals surface area contributed by atoms with Crippen LogP contribution in [0, 0.1) is 80.4 Å². The summed E-state index contributed by atoms with van der Waals surface area (Å²) in [6.07, 6.45) is 12.7. The summed E-state index contributed by atoms with van der Waals surface area (Å²) in [6.45, 7) is 31.7. The zero-order valence-corrected chi connectivity index (χ0v) is 109. The molecule has 0 bridgehead atoms. The molecule has 26 heteroatoms. The van der Waals surface area contributed by atoms with E-state index in [1.807, 2.05) is 81.2 Å². The molecule has 6 aromatic carbocycles. The molecule has 8 aliphatic heterocycles. The number of halogens is 1. The topological polar surface area (TPSA) is 105 Å². The first-order valence-corrected chi connectivity index (χ1v) is 45.5. The van der Waals surface area contributed by atoms with Crippen molar-refractivity contribution in [2.24, 2.45) is 47.3 Å². The van der Waals surface area contributed by atoms with Gasteiger partial charge in [-0.3, -0.25) is 0 Å². The van der Waals surface area contributed by atoms with Crippen LogP contribution in [0.1, 0.15) is 116 Å². The van der Waals surface area contributed by atoms with Gasteiger partial charge in [-0.05, 0) is 251 Å². The molecule has 8 fully saturated rings. The number of ether oxygens (including phenoxy) is 10. The molecule has 9 heterocycles. The molecule has 5 unspecified atom stereocenters. The van der Waals surface area contributed by atoms with Crippen molar-refractivity contribution in [3.63, 3.8) is 0 Å². The monoisotopic (exact) mass is 2310 g/mol. The molecular formula is C90H118ClCs5N4O10S6. The van der Waals surface area contributed by atoms with Gasteiger partial charge in [0.05, 0.1) is 54.1 Å². The summed E-state index contributed by atoms with van der Waals surface area (Å²) in [5, 5.41) is 2.79. The van der Waals surface area contributed by atoms with Crippen molar-refractivity contribution in [2.45, 2.75) is 170 Å². The molecule has 116 heavy (non-hydrogen) atoms. The van der Waals surface area contributed by atoms with Crippen LogP contribution in [0.5, 0.6) is 28.7 Å². The molecule has 14 nitrogen and oxygen atoms in total. The first kappa shape index (κ1) is 111. The van der Waals surface area contributed by atoms with Crippen molar-refractivity contribution in [1.82, 2.24) is 14.7 Å². The summed E-state index contributed by atoms with van der Waals surface area (Å²) in [5.74, 6) is 9.20. The van der Waals surface area contributed by atoms with Crippen LogP contribution in [0.25, 0.3) is 0 Å². The van der Waals surface area contributed by atoms with Crippen LogP contribution in [0.2, 0.25) is 5.02 Å². The van der Waals surface area contributed by atoms with Gasteiger partial charge in [0.2, 0.25) is 0 Å². The number of anilines is 1. The molecule has 606 valence electrons. The van der Waals surface area contributed by atoms with Gasteiger partial charge in [0.25, 0.3) is 0 Å². The van der Waals surface area contributed by atoms with Crippen molar-refractivity contribution < 1.29 is 392 Å². The Morgan fingerprint density at radius 1 is 0.405 bits per heavy atom. The van der Waals surface area contributed by atoms with E-state index in [1.165, 1.54) is 109 Å². The van der Waals surface area contributed by atoms with Crippen molar-refractivity contribution in [2.75, 3.05) is 99.3 Å². The molecule has 8 saturated heterocycles. The number of thiophene rings is 1. The van der Waals surface area contributed by atoms with Crippen LogP contribution in [0.4, 0.5) is 5.69 Å². The SMILES string of the molecule is COc1cc(OCC2CCN(C)CC2)cc(SC2C[C@@H](C)[CH-]O2)c1.C[C@H]1[CH-]OC(Sc2cc(Cl)cc(OCC3CCN(C)CC3)c2)C1.C[C@H]1[CH-]OC(Sc2cccc(N(C)Cc3ccccc3)c2)C1.C[C@H]1[CH-]OC(Sc2cccc(OCC3CCN(C)CC3)c2)C1.C[C@H]1[CH-]OC(Sc2cccc(OCc3cccs3)c2)C1.[Cs+].[Cs+].[Cs+].[Cs+].[Cs+]. The third-order valence-corrected chi connectivity index (χ3v) is 27.0. The largest absolute Gasteiger partial charge is 1.00 e. The molecular weight excluding hydrogens is 2190 g/mol. The van der Waals surface area contributed by atoms with E-state index in [-0.39, 0.29) is 372 Å². The summed E-state index contributed by atoms with van der Waals surface area (Å²) in [6, 6.07) is 52.2. The van der Waals surface area contributed by atoms with Gasteiger partial charge < -0.3 is 67.0 Å². The number of benzene rings is 6. The zero-order valence-electron chi connectivity index (χ0n) is 71.7. The number of methoxy groups -OCH3 is 1. The molecule has 15 rings (SSSR count). The molecule has 0 amide bonds. The van der Waals surface area contributed by atoms with E-state index in [2.05, 4.69) is 203 Å². The van der Waals surface area contributed by atoms with E-state index in [0.717, 1.165) is 102 Å². The Balaban J connectivity index is 0.000000223. The fourth-order valence-electron chi connectivity index (χ4n) is 13.7. The van der Waals surface area contributed by atoms with E-state index in [4.69, 9.17) is 59.0 Å². The first-order chi connectivity index (χ1) is 53.9. The van der Waals surface area contributed by atoms with Crippen LogP contribution in [-0.2, 0) is 36.8 Å². The van der Waals surface area contributed by atoms with E-state index < -0.39 is 0 Å². The second kappa shape index (κ2) is 61.6. The fourth-order valence-corrected chi connectivity index (χ4v) is 20.5. The fraction of sp³-hybridized carbons (Fsp3) is 0.500. The predicted molar refractivity (Wildman–Crippen MR) is 462 cm³/mol. The van der Waals surface area contributed by atoms with Crippen LogP contribution in [-0.4, -0.2) is 136 Å². The third-order valence-electron chi connectivity index (χ3n) is 20.5. The molecule has 0 spiro atoms. The molecule has 1 aromatic heterocycles. The van der Waals surface area contributed by atoms with Gasteiger partial charge in [0.1, 0.15) is 35.4 Å². The van der Waals surface area contributed by atoms with Crippen LogP contribution >= 0.6 is 81.7 Å². The van der Waals surface area contributed by atoms with E-state index in [0.29, 0.717) is 54.0 Å². The molecule has 0 saturated carbocycles. The normalized spacial score (nSPS) is 23.5. The predicted octanol–water partition coefficient (Wildman–Crippen LogP) is 7.74. The first-order valence-electron chi connectivity index (χ1n) is 39.8. The Morgan fingerprint density at radius 3 is 1.16 bits per heavy atom. The maximum Gasteiger partial charge on any atom is 1.00 e. The maximum absolute atomic E-state index is 6.26. The van der Waals surface area contributed by atoms with Gasteiger partial charge in [-0.1, -0.05) is 160 Å². The van der Waals surface area contributed by atoms with Crippen LogP contribution in [0.3, 0.4) is 0 Å². The second-order valence-corrected chi connectivity index (χ2v) is 38.6. The van der Waals surface area contributed by atoms with Gasteiger partial charge in [-0.2, -0.15) is 0 Å². The van der Waals surface area contributed by atoms with Gasteiger partial charge in [-0.25, -0.2) is 33.0 Å². The van der Waals surface area contributed by atoms with Crippen molar-refractivity contribution in [1.29, 1.82) is 0 Å². The average Bonchev–Trinajstić information content (AvgIpc) is 1.56. The molecule has 0 aliphatic carbocycles. The maximum atomic E-state index is 6.26. The van der Waals surface area contributed by atoms with Crippen LogP contribution < -0.4 is 373 Å². The van der Waals surface area contributed by atoms with Crippen molar-refractivity contribution in [3.8, 4) is 28.7 Å². The summed E-state index contributed by atoms with van der Waals surface area (Å²) >= 11 is 16.8. The zero-order chi connectivity index (χ0) is 77.7. The Hall–Kier alpha value is 5.80. The van der Waals surface area contributed by atoms with E-state index >= 15 is 0 Å². The number of nitrogens with zero attached hydrogens (tertiary/aromatic N) is 4. The van der Waals surface area contributed by atoms with Crippen molar-refractivity contribution in [3.05, 3.63) is 206 Å². The summed E-state index contributed by atoms with van der Waals surface area (Å²) in [4.78, 5) is 16.6. The molecule has 7 aromatic rings. The smallest absolute Gasteiger partial charge is 0.542 e. The van der Waals surface area contributed by atoms with Gasteiger partial charge in [-0.15, -0.1) is 40.9 Å². The summed E-state index contributed by atoms with van der Waals surface area (Å²) in [5.41, 5.74) is 3.68. The number of likely N-dealkylation sites (tertiary alicyclic amines) is 3. The van der Waals surface area contributed by atoms with E-state index in [9.17, 15) is 0 Å². The minimum Gasteiger partial charge on any atom is -0.542 e. The number of thioether (sulfide) groups is 5. The quantitative estimate of drug-likeness (QED) is 0.0494. The van der Waals surface area contributed by atoms with Crippen molar-refractivity contribution >= 4 is 87.4 Å². The number of piperidine rings is 3. The molecule has 0 radical (unpaired) electrons. The Bertz CT molecular complexity index is 3820. The number of rotatable bonds is 26. The minimum absolute atomic E-state index is 0. The Morgan fingerprint density at radius 2 is 0.767 bits per heavy atom. The van der Waals surface area contributed by atoms with Gasteiger partial charge >= 0.3 is 344 Å². The average molecular weight is 2310 g/mol. The number of hydrogen-bond acceptors (Lipinski definition) is 20. The minimum atomic E-state index is 0. The third kappa shape index (κ3) is 42.4. The van der Waals surface area contributed by atoms with Gasteiger partial charge in [0.15, 0.2) is 0 Å². The Labute approximate surface area is 1020 Å². The standard InChI is InChI=1S/C19H28NO3S.C19H22NOS.C18H25ClNO2S.C18H26NO2S.C16H17O2S2.5Cs/c1-14-8-19(23-12-14)24-18-10-16(21-3)9-17(11-18)22-13-15-4-6-20(2)7-5-15;1-15-11-19(21-14-15)22-18-10-6-9-17(12-18)20(2)13-16-7-4-3-5-8-16;1-13-7-18(22-11-13)23-17-9-15(19)8-16(10-17)21-12-14-3-5-20(2)6-4-14;1-14-10-18(21-12-14)22-17-5-3-4-16(11-17)20-13-15-6-8-19(2)9-7-15;1-12-8-16(18-10-12)20-14-5-2-4-13(9-14)17-11-15-6-3-7-19-15;;;;;/h9-12,14-15,19H,4-8,13H2,1-3H3;3-10,12,14-15,19H,11,13H2,1-2H3;8-11,13-14,18H,3-7,12H2,1-2H3;3-5,11-12,14-15,18H,6-10,13H2,1-2H3;2-7,9-10,12,16H,8,11H2,1H3;;;;;/q5*-1;5*+1/t14-,19?;15-,19?;13-,18?;14-,18?;12-,16?;;;;;/m11111...../s1. The Kier molecular flexibility index (Phi) is 58.7. The molecule has 10 atom stereocenters. The van der Waals surface area contributed by atoms with E-state index in [1.54, 1.807) is 65.5 Å². The molecule has 0 N–H and O–H groups in total. The number of hydrogen-bond donors (Lipinski definition) is 0. The molecule has 8 aliphatic rings. The van der Waals surface area contributed by atoms with Crippen LogP contribution in [0.15, 0.2) is 182 Å². The van der Waals surface area contributed by atoms with Gasteiger partial charge in [0, 0.05) is 59.7 Å². The summed E-state index contributed by atoms with van der Waals surface area (Å²) in [7, 11) is 10.4. The second-order valence-electron chi connectivity index (χ2n) is 31.0.